The summed E-state index contributed by atoms with van der Waals surface area (Å²) in [5.41, 5.74) is 2.96. The van der Waals surface area contributed by atoms with E-state index in [1.54, 1.807) is 49.4 Å². The second-order valence-electron chi connectivity index (χ2n) is 10.5. The van der Waals surface area contributed by atoms with Gasteiger partial charge in [-0.2, -0.15) is 0 Å². The molecular formula is C34H34Cl2FN3O4S. The minimum absolute atomic E-state index is 0.0576. The van der Waals surface area contributed by atoms with Gasteiger partial charge in [0.15, 0.2) is 0 Å². The molecule has 4 rings (SSSR count). The molecule has 0 saturated carbocycles. The van der Waals surface area contributed by atoms with Crippen molar-refractivity contribution in [2.75, 3.05) is 6.54 Å². The van der Waals surface area contributed by atoms with Gasteiger partial charge in [-0.15, -0.1) is 0 Å². The molecular weight excluding hydrogens is 636 g/mol. The van der Waals surface area contributed by atoms with E-state index in [-0.39, 0.29) is 49.2 Å². The predicted octanol–water partition coefficient (Wildman–Crippen LogP) is 6.32. The summed E-state index contributed by atoms with van der Waals surface area (Å²) in [4.78, 5) is 29.4. The van der Waals surface area contributed by atoms with Crippen LogP contribution in [0.2, 0.25) is 10.0 Å². The summed E-state index contributed by atoms with van der Waals surface area (Å²) in [7, 11) is -3.60. The second kappa shape index (κ2) is 16.0. The van der Waals surface area contributed by atoms with Crippen LogP contribution in [0.25, 0.3) is 0 Å². The third-order valence-electron chi connectivity index (χ3n) is 7.20. The van der Waals surface area contributed by atoms with Crippen LogP contribution in [0.1, 0.15) is 35.6 Å². The van der Waals surface area contributed by atoms with Crippen molar-refractivity contribution in [2.24, 2.45) is 0 Å². The first-order chi connectivity index (χ1) is 21.6. The van der Waals surface area contributed by atoms with Crippen molar-refractivity contribution in [2.45, 2.75) is 50.2 Å². The summed E-state index contributed by atoms with van der Waals surface area (Å²) in [6, 6.07) is 25.6. The normalized spacial score (nSPS) is 12.0. The van der Waals surface area contributed by atoms with Crippen LogP contribution >= 0.6 is 23.2 Å². The molecule has 0 saturated heterocycles. The number of nitrogens with one attached hydrogen (secondary N) is 2. The minimum Gasteiger partial charge on any atom is -0.350 e. The number of hydrogen-bond donors (Lipinski definition) is 2. The van der Waals surface area contributed by atoms with Crippen molar-refractivity contribution in [3.63, 3.8) is 0 Å². The molecule has 4 aromatic carbocycles. The number of halogens is 3. The van der Waals surface area contributed by atoms with Crippen LogP contribution < -0.4 is 10.0 Å². The van der Waals surface area contributed by atoms with Gasteiger partial charge in [-0.3, -0.25) is 9.59 Å². The van der Waals surface area contributed by atoms with Crippen molar-refractivity contribution >= 4 is 45.0 Å². The zero-order valence-corrected chi connectivity index (χ0v) is 27.0. The predicted molar refractivity (Wildman–Crippen MR) is 175 cm³/mol. The average Bonchev–Trinajstić information content (AvgIpc) is 3.02. The standard InChI is InChI=1S/C34H34Cl2FN3O4S/c1-2-39-45(43,44)30-17-10-24(11-18-30)12-19-33(41)40(23-26-8-15-29(37)16-9-26)32(20-25-6-4-3-5-7-25)34(42)38-22-27-13-14-28(35)21-31(27)36/h3-11,13-18,21,32,39H,2,12,19-20,22-23H2,1H3,(H,38,42)/t32-/m1/s1. The summed E-state index contributed by atoms with van der Waals surface area (Å²) < 4.78 is 40.8. The van der Waals surface area contributed by atoms with Crippen LogP contribution in [0.5, 0.6) is 0 Å². The Balaban J connectivity index is 1.59. The first-order valence-electron chi connectivity index (χ1n) is 14.4. The highest BCUT2D eigenvalue weighted by Crippen LogP contribution is 2.22. The molecule has 1 atom stereocenters. The zero-order valence-electron chi connectivity index (χ0n) is 24.7. The van der Waals surface area contributed by atoms with Crippen molar-refractivity contribution in [1.29, 1.82) is 0 Å². The molecule has 0 aliphatic rings. The third-order valence-corrected chi connectivity index (χ3v) is 9.35. The number of nitrogens with zero attached hydrogens (tertiary/aromatic N) is 1. The minimum atomic E-state index is -3.60. The first-order valence-corrected chi connectivity index (χ1v) is 16.7. The van der Waals surface area contributed by atoms with Crippen molar-refractivity contribution in [1.82, 2.24) is 14.9 Å². The highest BCUT2D eigenvalue weighted by molar-refractivity contribution is 7.89. The van der Waals surface area contributed by atoms with E-state index in [2.05, 4.69) is 10.0 Å². The van der Waals surface area contributed by atoms with Gasteiger partial charge in [-0.25, -0.2) is 17.5 Å². The van der Waals surface area contributed by atoms with Gasteiger partial charge in [0.25, 0.3) is 0 Å². The summed E-state index contributed by atoms with van der Waals surface area (Å²) in [5.74, 6) is -1.07. The first kappa shape index (κ1) is 34.1. The fraction of sp³-hybridized carbons (Fsp3) is 0.235. The molecule has 2 N–H and O–H groups in total. The van der Waals surface area contributed by atoms with Crippen molar-refractivity contribution in [3.8, 4) is 0 Å². The maximum atomic E-state index is 13.9. The molecule has 0 radical (unpaired) electrons. The monoisotopic (exact) mass is 669 g/mol. The van der Waals surface area contributed by atoms with E-state index in [9.17, 15) is 22.4 Å². The number of carbonyl (C=O) groups excluding carboxylic acids is 2. The number of amides is 2. The molecule has 2 amide bonds. The van der Waals surface area contributed by atoms with E-state index in [0.29, 0.717) is 27.6 Å². The second-order valence-corrected chi connectivity index (χ2v) is 13.1. The van der Waals surface area contributed by atoms with E-state index in [0.717, 1.165) is 11.1 Å². The number of sulfonamides is 1. The largest absolute Gasteiger partial charge is 0.350 e. The van der Waals surface area contributed by atoms with E-state index in [4.69, 9.17) is 23.2 Å². The van der Waals surface area contributed by atoms with Gasteiger partial charge in [0.2, 0.25) is 21.8 Å². The fourth-order valence-electron chi connectivity index (χ4n) is 4.81. The molecule has 0 aromatic heterocycles. The SMILES string of the molecule is CCNS(=O)(=O)c1ccc(CCC(=O)N(Cc2ccc(F)cc2)[C@H](Cc2ccccc2)C(=O)NCc2ccc(Cl)cc2Cl)cc1. The third kappa shape index (κ3) is 9.86. The van der Waals surface area contributed by atoms with E-state index in [1.807, 2.05) is 30.3 Å². The summed E-state index contributed by atoms with van der Waals surface area (Å²) in [6.07, 6.45) is 0.618. The van der Waals surface area contributed by atoms with Gasteiger partial charge < -0.3 is 10.2 Å². The average molecular weight is 671 g/mol. The lowest BCUT2D eigenvalue weighted by atomic mass is 10.0. The van der Waals surface area contributed by atoms with E-state index in [1.165, 1.54) is 29.2 Å². The van der Waals surface area contributed by atoms with Crippen molar-refractivity contribution < 1.29 is 22.4 Å². The van der Waals surface area contributed by atoms with Gasteiger partial charge in [-0.1, -0.05) is 90.8 Å². The lowest BCUT2D eigenvalue weighted by molar-refractivity contribution is -0.141. The van der Waals surface area contributed by atoms with Crippen LogP contribution in [0.3, 0.4) is 0 Å². The number of carbonyl (C=O) groups is 2. The molecule has 0 bridgehead atoms. The molecule has 0 unspecified atom stereocenters. The smallest absolute Gasteiger partial charge is 0.243 e. The van der Waals surface area contributed by atoms with Gasteiger partial charge >= 0.3 is 0 Å². The van der Waals surface area contributed by atoms with Gasteiger partial charge in [0.1, 0.15) is 11.9 Å². The molecule has 0 aliphatic carbocycles. The van der Waals surface area contributed by atoms with Crippen LogP contribution in [0.4, 0.5) is 4.39 Å². The van der Waals surface area contributed by atoms with Crippen molar-refractivity contribution in [3.05, 3.63) is 135 Å². The Morgan fingerprint density at radius 1 is 0.867 bits per heavy atom. The maximum Gasteiger partial charge on any atom is 0.243 e. The Kier molecular flexibility index (Phi) is 12.1. The zero-order chi connectivity index (χ0) is 32.4. The molecule has 236 valence electrons. The number of hydrogen-bond acceptors (Lipinski definition) is 4. The Morgan fingerprint density at radius 3 is 2.18 bits per heavy atom. The lowest BCUT2D eigenvalue weighted by Crippen LogP contribution is -2.50. The van der Waals surface area contributed by atoms with Crippen LogP contribution in [-0.2, 0) is 45.5 Å². The van der Waals surface area contributed by atoms with Gasteiger partial charge in [-0.05, 0) is 65.1 Å². The molecule has 45 heavy (non-hydrogen) atoms. The Bertz CT molecular complexity index is 1700. The number of benzene rings is 4. The van der Waals surface area contributed by atoms with E-state index < -0.39 is 21.9 Å². The topological polar surface area (TPSA) is 95.6 Å². The summed E-state index contributed by atoms with van der Waals surface area (Å²) >= 11 is 12.4. The number of aryl methyl sites for hydroxylation is 1. The van der Waals surface area contributed by atoms with E-state index >= 15 is 0 Å². The van der Waals surface area contributed by atoms with Crippen LogP contribution in [0, 0.1) is 5.82 Å². The number of rotatable bonds is 14. The molecule has 4 aromatic rings. The maximum absolute atomic E-state index is 13.9. The molecule has 0 fully saturated rings. The quantitative estimate of drug-likeness (QED) is 0.164. The molecule has 11 heteroatoms. The molecule has 0 heterocycles. The highest BCUT2D eigenvalue weighted by Gasteiger charge is 2.30. The van der Waals surface area contributed by atoms with Gasteiger partial charge in [0, 0.05) is 42.5 Å². The summed E-state index contributed by atoms with van der Waals surface area (Å²) in [5, 5.41) is 3.81. The molecule has 0 spiro atoms. The summed E-state index contributed by atoms with van der Waals surface area (Å²) in [6.45, 7) is 2.17. The Labute approximate surface area is 273 Å². The highest BCUT2D eigenvalue weighted by atomic mass is 35.5. The Morgan fingerprint density at radius 2 is 1.53 bits per heavy atom. The molecule has 7 nitrogen and oxygen atoms in total. The Hall–Kier alpha value is -3.76. The lowest BCUT2D eigenvalue weighted by Gasteiger charge is -2.32. The van der Waals surface area contributed by atoms with Gasteiger partial charge in [0.05, 0.1) is 4.90 Å². The van der Waals surface area contributed by atoms with Crippen LogP contribution in [0.15, 0.2) is 102 Å². The fourth-order valence-corrected chi connectivity index (χ4v) is 6.33. The van der Waals surface area contributed by atoms with Crippen LogP contribution in [-0.4, -0.2) is 37.7 Å². The molecule has 0 aliphatic heterocycles.